The lowest BCUT2D eigenvalue weighted by molar-refractivity contribution is -0.0451. The highest BCUT2D eigenvalue weighted by Gasteiger charge is 2.47. The number of hydrogen-bond donors (Lipinski definition) is 4. The predicted octanol–water partition coefficient (Wildman–Crippen LogP) is -0.520. The van der Waals surface area contributed by atoms with Crippen molar-refractivity contribution in [2.75, 3.05) is 17.6 Å². The molecule has 0 amide bonds. The average molecular weight is 442 g/mol. The van der Waals surface area contributed by atoms with Crippen LogP contribution in [0.5, 0.6) is 0 Å². The number of nitrogens with two attached hydrogens (primary N) is 1. The van der Waals surface area contributed by atoms with Crippen LogP contribution in [0, 0.1) is 6.92 Å². The molecule has 4 atom stereocenters. The summed E-state index contributed by atoms with van der Waals surface area (Å²) in [5, 5.41) is 28.0. The maximum atomic E-state index is 10.6. The summed E-state index contributed by atoms with van der Waals surface area (Å²) in [7, 11) is 1.92. The number of nitrogen functional groups attached to an aromatic ring is 1. The fourth-order valence-electron chi connectivity index (χ4n) is 3.65. The first-order valence-corrected chi connectivity index (χ1v) is 9.93. The van der Waals surface area contributed by atoms with Gasteiger partial charge in [-0.25, -0.2) is 9.97 Å². The Labute approximate surface area is 181 Å². The Morgan fingerprint density at radius 2 is 2.03 bits per heavy atom. The van der Waals surface area contributed by atoms with Crippen molar-refractivity contribution in [2.45, 2.75) is 37.9 Å². The van der Waals surface area contributed by atoms with Gasteiger partial charge in [-0.05, 0) is 6.92 Å². The number of aromatic nitrogens is 8. The largest absolute Gasteiger partial charge is 0.387 e. The Hall–Kier alpha value is -3.62. The standard InChI is InChI=1S/C18H22N10O4/c1-8-23-16(32-26-8)13-11(29)12(30)17(31-13)28-7-22-10-14(19)24-18(25-15(10)28)21-4-3-9-5-20-6-27(9)2/h5-7,11-13,17,29-30H,3-4H2,1-2H3,(H3,19,21,24,25)/t11-,12+,13-,17+/m0/s1. The summed E-state index contributed by atoms with van der Waals surface area (Å²) in [4.78, 5) is 21.2. The molecule has 5 N–H and O–H groups in total. The quantitative estimate of drug-likeness (QED) is 0.299. The number of rotatable bonds is 6. The van der Waals surface area contributed by atoms with Crippen LogP contribution in [0.1, 0.15) is 29.7 Å². The minimum atomic E-state index is -1.29. The third kappa shape index (κ3) is 3.43. The van der Waals surface area contributed by atoms with Gasteiger partial charge in [-0.3, -0.25) is 4.57 Å². The van der Waals surface area contributed by atoms with Crippen LogP contribution >= 0.6 is 0 Å². The minimum Gasteiger partial charge on any atom is -0.387 e. The fraction of sp³-hybridized carbons (Fsp3) is 0.444. The Kier molecular flexibility index (Phi) is 4.96. The molecule has 1 aliphatic heterocycles. The molecule has 1 fully saturated rings. The second-order valence-electron chi connectivity index (χ2n) is 7.54. The molecule has 1 saturated heterocycles. The summed E-state index contributed by atoms with van der Waals surface area (Å²) >= 11 is 0. The first kappa shape index (κ1) is 20.3. The van der Waals surface area contributed by atoms with E-state index in [1.165, 1.54) is 10.9 Å². The molecule has 1 aliphatic rings. The van der Waals surface area contributed by atoms with Gasteiger partial charge in [0.1, 0.15) is 17.7 Å². The summed E-state index contributed by atoms with van der Waals surface area (Å²) < 4.78 is 14.4. The lowest BCUT2D eigenvalue weighted by Crippen LogP contribution is -2.29. The molecule has 32 heavy (non-hydrogen) atoms. The van der Waals surface area contributed by atoms with Crippen LogP contribution in [0.3, 0.4) is 0 Å². The zero-order chi connectivity index (χ0) is 22.4. The molecule has 0 aliphatic carbocycles. The molecular weight excluding hydrogens is 420 g/mol. The van der Waals surface area contributed by atoms with Crippen molar-refractivity contribution in [3.05, 3.63) is 36.3 Å². The molecule has 5 heterocycles. The SMILES string of the molecule is Cc1noc([C@H]2O[C@@H](n3cnc4c(N)nc(NCCc5cncn5C)nc43)[C@H](O)[C@@H]2O)n1. The minimum absolute atomic E-state index is 0.0765. The molecule has 4 aromatic rings. The van der Waals surface area contributed by atoms with Gasteiger partial charge in [-0.15, -0.1) is 0 Å². The van der Waals surface area contributed by atoms with Gasteiger partial charge in [0.25, 0.3) is 5.89 Å². The van der Waals surface area contributed by atoms with E-state index in [9.17, 15) is 10.2 Å². The monoisotopic (exact) mass is 442 g/mol. The van der Waals surface area contributed by atoms with Crippen molar-refractivity contribution in [3.8, 4) is 0 Å². The lowest BCUT2D eigenvalue weighted by atomic mass is 10.1. The van der Waals surface area contributed by atoms with E-state index in [1.807, 2.05) is 11.6 Å². The summed E-state index contributed by atoms with van der Waals surface area (Å²) in [6.45, 7) is 2.20. The number of aliphatic hydroxyl groups is 2. The van der Waals surface area contributed by atoms with Gasteiger partial charge >= 0.3 is 0 Å². The number of hydrogen-bond acceptors (Lipinski definition) is 12. The average Bonchev–Trinajstić information content (AvgIpc) is 3.53. The Balaban J connectivity index is 1.40. The molecule has 14 heteroatoms. The van der Waals surface area contributed by atoms with Crippen molar-refractivity contribution >= 4 is 22.9 Å². The number of nitrogens with one attached hydrogen (secondary N) is 1. The number of aliphatic hydroxyl groups excluding tert-OH is 2. The lowest BCUT2D eigenvalue weighted by Gasteiger charge is -2.16. The molecule has 0 unspecified atom stereocenters. The topological polar surface area (TPSA) is 188 Å². The number of imidazole rings is 2. The van der Waals surface area contributed by atoms with Gasteiger partial charge in [-0.2, -0.15) is 15.0 Å². The molecular formula is C18H22N10O4. The first-order chi connectivity index (χ1) is 15.4. The van der Waals surface area contributed by atoms with Crippen molar-refractivity contribution in [2.24, 2.45) is 7.05 Å². The zero-order valence-electron chi connectivity index (χ0n) is 17.3. The second kappa shape index (κ2) is 7.81. The van der Waals surface area contributed by atoms with Crippen LogP contribution < -0.4 is 11.1 Å². The second-order valence-corrected chi connectivity index (χ2v) is 7.54. The molecule has 4 aromatic heterocycles. The van der Waals surface area contributed by atoms with E-state index in [-0.39, 0.29) is 11.7 Å². The summed E-state index contributed by atoms with van der Waals surface area (Å²) in [6.07, 6.45) is 1.10. The number of anilines is 2. The molecule has 5 rings (SSSR count). The van der Waals surface area contributed by atoms with E-state index >= 15 is 0 Å². The Morgan fingerprint density at radius 1 is 1.19 bits per heavy atom. The number of aryl methyl sites for hydroxylation is 2. The highest BCUT2D eigenvalue weighted by molar-refractivity contribution is 5.83. The maximum Gasteiger partial charge on any atom is 0.258 e. The molecule has 0 spiro atoms. The van der Waals surface area contributed by atoms with Gasteiger partial charge in [0.2, 0.25) is 5.95 Å². The maximum absolute atomic E-state index is 10.6. The Morgan fingerprint density at radius 3 is 2.75 bits per heavy atom. The van der Waals surface area contributed by atoms with Crippen molar-refractivity contribution in [1.29, 1.82) is 0 Å². The van der Waals surface area contributed by atoms with Crippen molar-refractivity contribution < 1.29 is 19.5 Å². The van der Waals surface area contributed by atoms with Gasteiger partial charge in [-0.1, -0.05) is 5.16 Å². The van der Waals surface area contributed by atoms with E-state index in [2.05, 4.69) is 35.4 Å². The molecule has 0 bridgehead atoms. The van der Waals surface area contributed by atoms with Crippen LogP contribution in [0.4, 0.5) is 11.8 Å². The molecule has 168 valence electrons. The molecule has 14 nitrogen and oxygen atoms in total. The van der Waals surface area contributed by atoms with E-state index in [4.69, 9.17) is 15.0 Å². The van der Waals surface area contributed by atoms with E-state index in [1.54, 1.807) is 19.4 Å². The van der Waals surface area contributed by atoms with E-state index in [0.717, 1.165) is 5.69 Å². The fourth-order valence-corrected chi connectivity index (χ4v) is 3.65. The van der Waals surface area contributed by atoms with Crippen LogP contribution in [0.25, 0.3) is 11.2 Å². The summed E-state index contributed by atoms with van der Waals surface area (Å²) in [5.41, 5.74) is 7.82. The smallest absolute Gasteiger partial charge is 0.258 e. The number of fused-ring (bicyclic) bond motifs is 1. The van der Waals surface area contributed by atoms with Crippen LogP contribution in [-0.4, -0.2) is 68.2 Å². The molecule has 0 radical (unpaired) electrons. The van der Waals surface area contributed by atoms with Gasteiger partial charge in [0, 0.05) is 31.9 Å². The summed E-state index contributed by atoms with van der Waals surface area (Å²) in [6, 6.07) is 0. The van der Waals surface area contributed by atoms with E-state index in [0.29, 0.717) is 35.9 Å². The highest BCUT2D eigenvalue weighted by Crippen LogP contribution is 2.39. The number of ether oxygens (including phenoxy) is 1. The third-order valence-electron chi connectivity index (χ3n) is 5.33. The number of nitrogens with zero attached hydrogens (tertiary/aromatic N) is 8. The zero-order valence-corrected chi connectivity index (χ0v) is 17.3. The van der Waals surface area contributed by atoms with Crippen LogP contribution in [0.2, 0.25) is 0 Å². The van der Waals surface area contributed by atoms with Gasteiger partial charge in [0.15, 0.2) is 29.6 Å². The first-order valence-electron chi connectivity index (χ1n) is 9.93. The molecule has 0 aromatic carbocycles. The van der Waals surface area contributed by atoms with Crippen molar-refractivity contribution in [1.82, 2.24) is 39.2 Å². The normalized spacial score (nSPS) is 23.2. The predicted molar refractivity (Wildman–Crippen MR) is 109 cm³/mol. The Bertz CT molecular complexity index is 1250. The molecule has 0 saturated carbocycles. The highest BCUT2D eigenvalue weighted by atomic mass is 16.6. The third-order valence-corrected chi connectivity index (χ3v) is 5.33. The van der Waals surface area contributed by atoms with Gasteiger partial charge in [0.05, 0.1) is 12.7 Å². The van der Waals surface area contributed by atoms with Crippen molar-refractivity contribution in [3.63, 3.8) is 0 Å². The summed E-state index contributed by atoms with van der Waals surface area (Å²) in [5.74, 6) is 0.946. The van der Waals surface area contributed by atoms with E-state index < -0.39 is 24.5 Å². The van der Waals surface area contributed by atoms with Gasteiger partial charge < -0.3 is 35.1 Å². The van der Waals surface area contributed by atoms with Crippen LogP contribution in [-0.2, 0) is 18.2 Å². The van der Waals surface area contributed by atoms with Crippen LogP contribution in [0.15, 0.2) is 23.4 Å².